The Balaban J connectivity index is 0.00000173. The number of pyridine rings is 1. The van der Waals surface area contributed by atoms with Crippen molar-refractivity contribution in [1.82, 2.24) is 13.7 Å². The third-order valence-corrected chi connectivity index (χ3v) is 7.71. The van der Waals surface area contributed by atoms with E-state index in [1.54, 1.807) is 44.2 Å². The largest absolute Gasteiger partial charge is 0.394 e. The van der Waals surface area contributed by atoms with Crippen LogP contribution in [0.3, 0.4) is 0 Å². The summed E-state index contributed by atoms with van der Waals surface area (Å²) in [6.07, 6.45) is 1.36. The van der Waals surface area contributed by atoms with Crippen molar-refractivity contribution in [3.63, 3.8) is 0 Å². The third-order valence-electron chi connectivity index (χ3n) is 7.71. The van der Waals surface area contributed by atoms with E-state index in [1.165, 1.54) is 26.8 Å². The average molecular weight is 708 g/mol. The summed E-state index contributed by atoms with van der Waals surface area (Å²) >= 11 is 1.84. The minimum atomic E-state index is -0.625. The predicted octanol–water partition coefficient (Wildman–Crippen LogP) is 4.12. The number of ether oxygens (including phenoxy) is 1. The Kier molecular flexibility index (Phi) is 8.56. The highest BCUT2D eigenvalue weighted by Gasteiger charge is 2.38. The molecule has 0 spiro atoms. The van der Waals surface area contributed by atoms with Crippen molar-refractivity contribution < 1.29 is 14.2 Å². The standard InChI is InChI=1S/C29H30FN5O5.HIS/c1-16-7-10-22(21(30)11-16)31-25-23-24(17(2)26(37)33(25)3)34(28(39)35(27(23)38)19-8-9-19)20-6-4-5-18(12-20)32-29(13-36)14-40-15-29;1-2/h4-7,10-12,19,31-32,36H,8-9,13-15H2,1-3H3;2H. The lowest BCUT2D eigenvalue weighted by atomic mass is 9.98. The summed E-state index contributed by atoms with van der Waals surface area (Å²) in [6.45, 7) is 3.88. The number of hydrogen-bond acceptors (Lipinski definition) is 8. The Hall–Kier alpha value is -3.14. The molecule has 2 fully saturated rings. The molecule has 1 aliphatic carbocycles. The van der Waals surface area contributed by atoms with Crippen LogP contribution in [-0.4, -0.2) is 44.2 Å². The Morgan fingerprint density at radius 1 is 1.10 bits per heavy atom. The Bertz CT molecular complexity index is 1860. The SMILES string of the molecule is Cc1ccc(Nc2c3c(=O)n(C4CC4)c(=O)n(-c4cccc(NC5(CO)COC5)c4)c3c(C)c(=O)n2C)c(F)c1.SI. The van der Waals surface area contributed by atoms with E-state index in [9.17, 15) is 23.9 Å². The number of hydrogen-bond donors (Lipinski definition) is 4. The molecule has 0 radical (unpaired) electrons. The maximum absolute atomic E-state index is 14.9. The zero-order chi connectivity index (χ0) is 30.3. The Morgan fingerprint density at radius 2 is 1.81 bits per heavy atom. The fraction of sp³-hybridized carbons (Fsp3) is 0.345. The van der Waals surface area contributed by atoms with E-state index in [1.807, 2.05) is 27.3 Å². The monoisotopic (exact) mass is 707 g/mol. The van der Waals surface area contributed by atoms with Gasteiger partial charge in [-0.05, 0) is 83.8 Å². The molecule has 4 aromatic rings. The number of anilines is 3. The molecule has 0 atom stereocenters. The lowest BCUT2D eigenvalue weighted by molar-refractivity contribution is -0.0650. The molecule has 1 saturated carbocycles. The van der Waals surface area contributed by atoms with Crippen molar-refractivity contribution in [2.24, 2.45) is 7.05 Å². The molecule has 1 saturated heterocycles. The number of rotatable bonds is 7. The number of aromatic nitrogens is 3. The number of aliphatic hydroxyl groups is 1. The van der Waals surface area contributed by atoms with E-state index in [0.29, 0.717) is 37.4 Å². The van der Waals surface area contributed by atoms with Crippen LogP contribution in [0.5, 0.6) is 0 Å². The van der Waals surface area contributed by atoms with Gasteiger partial charge in [-0.2, -0.15) is 0 Å². The first-order valence-corrected chi connectivity index (χ1v) is 16.6. The van der Waals surface area contributed by atoms with Gasteiger partial charge in [-0.1, -0.05) is 12.1 Å². The molecule has 3 N–H and O–H groups in total. The van der Waals surface area contributed by atoms with Gasteiger partial charge >= 0.3 is 5.69 Å². The maximum Gasteiger partial charge on any atom is 0.336 e. The van der Waals surface area contributed by atoms with E-state index in [2.05, 4.69) is 20.4 Å². The van der Waals surface area contributed by atoms with Gasteiger partial charge in [0.05, 0.1) is 36.7 Å². The van der Waals surface area contributed by atoms with Crippen LogP contribution in [-0.2, 0) is 11.8 Å². The second-order valence-corrected chi connectivity index (χ2v) is 10.8. The van der Waals surface area contributed by atoms with Crippen LogP contribution in [0.1, 0.15) is 30.0 Å². The zero-order valence-corrected chi connectivity index (χ0v) is 26.3. The molecule has 6 rings (SSSR count). The van der Waals surface area contributed by atoms with Crippen molar-refractivity contribution in [2.75, 3.05) is 30.5 Å². The molecule has 13 heteroatoms. The average Bonchev–Trinajstić information content (AvgIpc) is 3.79. The van der Waals surface area contributed by atoms with Gasteiger partial charge in [-0.15, -0.1) is 9.80 Å². The first kappa shape index (κ1) is 30.3. The van der Waals surface area contributed by atoms with Crippen molar-refractivity contribution in [2.45, 2.75) is 38.3 Å². The lowest BCUT2D eigenvalue weighted by Gasteiger charge is -2.41. The van der Waals surface area contributed by atoms with Gasteiger partial charge in [0.1, 0.15) is 22.6 Å². The van der Waals surface area contributed by atoms with Gasteiger partial charge in [0.2, 0.25) is 0 Å². The fourth-order valence-electron chi connectivity index (χ4n) is 5.28. The smallest absolute Gasteiger partial charge is 0.336 e. The van der Waals surface area contributed by atoms with Crippen LogP contribution in [0.4, 0.5) is 21.6 Å². The molecule has 1 aliphatic heterocycles. The number of thiol groups is 1. The molecule has 222 valence electrons. The molecular weight excluding hydrogens is 676 g/mol. The number of halogens is 2. The van der Waals surface area contributed by atoms with Crippen LogP contribution >= 0.6 is 31.0 Å². The quantitative estimate of drug-likeness (QED) is 0.169. The van der Waals surface area contributed by atoms with E-state index in [4.69, 9.17) is 4.74 Å². The van der Waals surface area contributed by atoms with E-state index in [-0.39, 0.29) is 40.6 Å². The minimum Gasteiger partial charge on any atom is -0.394 e. The Morgan fingerprint density at radius 3 is 2.40 bits per heavy atom. The molecule has 2 aromatic carbocycles. The molecule has 2 aliphatic rings. The highest BCUT2D eigenvalue weighted by molar-refractivity contribution is 14.2. The highest BCUT2D eigenvalue weighted by atomic mass is 127. The first-order chi connectivity index (χ1) is 20.1. The summed E-state index contributed by atoms with van der Waals surface area (Å²) in [5.74, 6) is -0.435. The normalized spacial score (nSPS) is 15.5. The summed E-state index contributed by atoms with van der Waals surface area (Å²) in [5, 5.41) is 16.3. The zero-order valence-electron chi connectivity index (χ0n) is 23.3. The van der Waals surface area contributed by atoms with Gasteiger partial charge in [-0.25, -0.2) is 9.18 Å². The van der Waals surface area contributed by atoms with Gasteiger partial charge in [-0.3, -0.25) is 23.3 Å². The molecule has 0 amide bonds. The molecular formula is C29H31FIN5O5S. The number of aliphatic hydroxyl groups excluding tert-OH is 1. The highest BCUT2D eigenvalue weighted by Crippen LogP contribution is 2.34. The third kappa shape index (κ3) is 5.27. The van der Waals surface area contributed by atoms with Crippen LogP contribution < -0.4 is 27.4 Å². The summed E-state index contributed by atoms with van der Waals surface area (Å²) < 4.78 is 24.1. The number of nitrogens with one attached hydrogen (secondary N) is 2. The first-order valence-electron chi connectivity index (χ1n) is 13.3. The molecule has 3 heterocycles. The maximum atomic E-state index is 14.9. The van der Waals surface area contributed by atoms with Crippen LogP contribution in [0.25, 0.3) is 16.6 Å². The molecule has 10 nitrogen and oxygen atoms in total. The number of fused-ring (bicyclic) bond motifs is 1. The minimum absolute atomic E-state index is 0.0987. The second-order valence-electron chi connectivity index (χ2n) is 10.8. The van der Waals surface area contributed by atoms with Crippen LogP contribution in [0, 0.1) is 19.7 Å². The fourth-order valence-corrected chi connectivity index (χ4v) is 5.28. The van der Waals surface area contributed by atoms with Crippen molar-refractivity contribution >= 4 is 59.1 Å². The van der Waals surface area contributed by atoms with E-state index < -0.39 is 28.2 Å². The number of aryl methyl sites for hydroxylation is 2. The van der Waals surface area contributed by atoms with Gasteiger partial charge < -0.3 is 20.5 Å². The molecule has 2 aromatic heterocycles. The summed E-state index contributed by atoms with van der Waals surface area (Å²) in [7, 11) is 5.01. The van der Waals surface area contributed by atoms with Gasteiger partial charge in [0.25, 0.3) is 11.1 Å². The number of benzene rings is 2. The van der Waals surface area contributed by atoms with Crippen LogP contribution in [0.2, 0.25) is 0 Å². The summed E-state index contributed by atoms with van der Waals surface area (Å²) in [4.78, 5) is 41.4. The Labute approximate surface area is 258 Å². The van der Waals surface area contributed by atoms with Gasteiger partial charge in [0, 0.05) is 24.3 Å². The molecule has 42 heavy (non-hydrogen) atoms. The predicted molar refractivity (Wildman–Crippen MR) is 174 cm³/mol. The van der Waals surface area contributed by atoms with Gasteiger partial charge in [0.15, 0.2) is 0 Å². The van der Waals surface area contributed by atoms with E-state index in [0.717, 1.165) is 5.56 Å². The number of nitrogens with zero attached hydrogens (tertiary/aromatic N) is 3. The van der Waals surface area contributed by atoms with Crippen molar-refractivity contribution in [3.05, 3.63) is 90.6 Å². The van der Waals surface area contributed by atoms with Crippen LogP contribution in [0.15, 0.2) is 56.8 Å². The molecule has 0 bridgehead atoms. The summed E-state index contributed by atoms with van der Waals surface area (Å²) in [6, 6.07) is 11.4. The van der Waals surface area contributed by atoms with Crippen molar-refractivity contribution in [1.29, 1.82) is 0 Å². The topological polar surface area (TPSA) is 120 Å². The molecule has 0 unspecified atom stereocenters. The van der Waals surface area contributed by atoms with Crippen molar-refractivity contribution in [3.8, 4) is 5.69 Å². The lowest BCUT2D eigenvalue weighted by Crippen LogP contribution is -2.58. The summed E-state index contributed by atoms with van der Waals surface area (Å²) in [5.41, 5.74) is 0.126. The van der Waals surface area contributed by atoms with E-state index >= 15 is 0 Å². The second kappa shape index (κ2) is 11.9.